The topological polar surface area (TPSA) is 96.7 Å². The molecule has 3 aromatic rings. The zero-order chi connectivity index (χ0) is 16.4. The molecule has 0 bridgehead atoms. The Morgan fingerprint density at radius 2 is 2.17 bits per heavy atom. The number of thioether (sulfide) groups is 1. The van der Waals surface area contributed by atoms with Crippen LogP contribution >= 0.6 is 11.8 Å². The smallest absolute Gasteiger partial charge is 0.277 e. The molecule has 1 aliphatic carbocycles. The quantitative estimate of drug-likeness (QED) is 0.638. The Bertz CT molecular complexity index is 822. The Hall–Kier alpha value is -2.35. The van der Waals surface area contributed by atoms with Crippen LogP contribution in [0.15, 0.2) is 33.9 Å². The highest BCUT2D eigenvalue weighted by Crippen LogP contribution is 2.20. The summed E-state index contributed by atoms with van der Waals surface area (Å²) in [5.74, 6) is 1.78. The molecule has 1 fully saturated rings. The molecule has 2 N–H and O–H groups in total. The molecule has 1 amide bonds. The van der Waals surface area contributed by atoms with E-state index in [9.17, 15) is 4.79 Å². The van der Waals surface area contributed by atoms with E-state index in [1.54, 1.807) is 0 Å². The molecule has 124 valence electrons. The number of carbonyl (C=O) groups excluding carboxylic acids is 1. The van der Waals surface area contributed by atoms with Gasteiger partial charge in [0, 0.05) is 18.9 Å². The zero-order valence-electron chi connectivity index (χ0n) is 13.0. The van der Waals surface area contributed by atoms with Crippen LogP contribution in [0.25, 0.3) is 11.0 Å². The van der Waals surface area contributed by atoms with Crippen LogP contribution in [0.3, 0.4) is 0 Å². The molecule has 0 unspecified atom stereocenters. The minimum absolute atomic E-state index is 0.0181. The molecule has 2 aromatic heterocycles. The molecule has 0 atom stereocenters. The molecule has 1 aromatic carbocycles. The molecule has 2 heterocycles. The van der Waals surface area contributed by atoms with Crippen molar-refractivity contribution in [3.05, 3.63) is 36.0 Å². The molecule has 24 heavy (non-hydrogen) atoms. The van der Waals surface area contributed by atoms with E-state index in [1.807, 2.05) is 24.3 Å². The van der Waals surface area contributed by atoms with Gasteiger partial charge in [-0.05, 0) is 25.0 Å². The van der Waals surface area contributed by atoms with Crippen molar-refractivity contribution in [3.8, 4) is 0 Å². The third kappa shape index (κ3) is 3.76. The summed E-state index contributed by atoms with van der Waals surface area (Å²) in [5, 5.41) is 11.4. The lowest BCUT2D eigenvalue weighted by Gasteiger charge is -1.99. The number of H-pyrrole nitrogens is 1. The number of fused-ring (bicyclic) bond motifs is 1. The first-order valence-corrected chi connectivity index (χ1v) is 8.93. The third-order valence-electron chi connectivity index (χ3n) is 3.73. The summed E-state index contributed by atoms with van der Waals surface area (Å²) in [6.45, 7) is 0. The Morgan fingerprint density at radius 3 is 3.00 bits per heavy atom. The molecular formula is C16H17N5O2S. The minimum Gasteiger partial charge on any atom is -0.416 e. The number of hydrogen-bond donors (Lipinski definition) is 2. The molecule has 0 spiro atoms. The van der Waals surface area contributed by atoms with Crippen molar-refractivity contribution >= 4 is 28.7 Å². The van der Waals surface area contributed by atoms with Gasteiger partial charge >= 0.3 is 0 Å². The number of carbonyl (C=O) groups is 1. The Balaban J connectivity index is 1.29. The summed E-state index contributed by atoms with van der Waals surface area (Å²) >= 11 is 1.27. The van der Waals surface area contributed by atoms with Crippen LogP contribution in [0.5, 0.6) is 0 Å². The van der Waals surface area contributed by atoms with E-state index >= 15 is 0 Å². The van der Waals surface area contributed by atoms with Gasteiger partial charge in [-0.2, -0.15) is 0 Å². The summed E-state index contributed by atoms with van der Waals surface area (Å²) in [6, 6.07) is 8.29. The van der Waals surface area contributed by atoms with Gasteiger partial charge in [0.2, 0.25) is 11.8 Å². The molecule has 0 radical (unpaired) electrons. The number of hydrogen-bond acceptors (Lipinski definition) is 6. The fourth-order valence-electron chi connectivity index (χ4n) is 2.37. The van der Waals surface area contributed by atoms with E-state index in [0.29, 0.717) is 35.7 Å². The summed E-state index contributed by atoms with van der Waals surface area (Å²) in [6.07, 6.45) is 3.48. The Kier molecular flexibility index (Phi) is 4.20. The number of amides is 1. The minimum atomic E-state index is 0.0181. The molecule has 0 saturated heterocycles. The van der Waals surface area contributed by atoms with Gasteiger partial charge < -0.3 is 14.7 Å². The van der Waals surface area contributed by atoms with Crippen LogP contribution in [-0.4, -0.2) is 37.9 Å². The molecule has 8 heteroatoms. The van der Waals surface area contributed by atoms with Gasteiger partial charge in [-0.1, -0.05) is 23.9 Å². The van der Waals surface area contributed by atoms with Crippen molar-refractivity contribution in [2.75, 3.05) is 5.75 Å². The first kappa shape index (κ1) is 15.2. The van der Waals surface area contributed by atoms with Gasteiger partial charge in [-0.3, -0.25) is 4.79 Å². The summed E-state index contributed by atoms with van der Waals surface area (Å²) in [7, 11) is 0. The average molecular weight is 343 g/mol. The molecule has 0 aliphatic heterocycles. The highest BCUT2D eigenvalue weighted by molar-refractivity contribution is 7.99. The van der Waals surface area contributed by atoms with Crippen molar-refractivity contribution in [1.82, 2.24) is 25.5 Å². The SMILES string of the molecule is O=C(CSc1nnc(CCc2nc3ccccc3[nH]2)o1)NC1CC1. The standard InChI is InChI=1S/C16H17N5O2S/c22-14(17-10-5-6-10)9-24-16-21-20-15(23-16)8-7-13-18-11-3-1-2-4-12(11)19-13/h1-4,10H,5-9H2,(H,17,22)(H,18,19). The number of aryl methyl sites for hydroxylation is 2. The van der Waals surface area contributed by atoms with Crippen LogP contribution < -0.4 is 5.32 Å². The van der Waals surface area contributed by atoms with Crippen LogP contribution in [0.4, 0.5) is 0 Å². The summed E-state index contributed by atoms with van der Waals surface area (Å²) < 4.78 is 5.57. The van der Waals surface area contributed by atoms with E-state index < -0.39 is 0 Å². The predicted octanol–water partition coefficient (Wildman–Crippen LogP) is 2.10. The number of rotatable bonds is 7. The summed E-state index contributed by atoms with van der Waals surface area (Å²) in [5.41, 5.74) is 1.98. The van der Waals surface area contributed by atoms with Crippen molar-refractivity contribution in [2.24, 2.45) is 0 Å². The van der Waals surface area contributed by atoms with Gasteiger partial charge in [0.05, 0.1) is 16.8 Å². The van der Waals surface area contributed by atoms with E-state index in [2.05, 4.69) is 25.5 Å². The molecule has 4 rings (SSSR count). The average Bonchev–Trinajstić information content (AvgIpc) is 3.13. The lowest BCUT2D eigenvalue weighted by atomic mass is 10.3. The molecular weight excluding hydrogens is 326 g/mol. The van der Waals surface area contributed by atoms with Gasteiger partial charge in [0.1, 0.15) is 5.82 Å². The van der Waals surface area contributed by atoms with Gasteiger partial charge in [0.15, 0.2) is 0 Å². The van der Waals surface area contributed by atoms with Crippen molar-refractivity contribution in [1.29, 1.82) is 0 Å². The normalized spacial score (nSPS) is 14.2. The number of nitrogens with one attached hydrogen (secondary N) is 2. The second-order valence-corrected chi connectivity index (χ2v) is 6.72. The van der Waals surface area contributed by atoms with Crippen LogP contribution in [-0.2, 0) is 17.6 Å². The largest absolute Gasteiger partial charge is 0.416 e. The zero-order valence-corrected chi connectivity index (χ0v) is 13.8. The van der Waals surface area contributed by atoms with E-state index in [4.69, 9.17) is 4.42 Å². The number of nitrogens with zero attached hydrogens (tertiary/aromatic N) is 3. The number of aromatic amines is 1. The van der Waals surface area contributed by atoms with E-state index in [-0.39, 0.29) is 5.91 Å². The molecule has 1 saturated carbocycles. The first-order chi connectivity index (χ1) is 11.8. The lowest BCUT2D eigenvalue weighted by Crippen LogP contribution is -2.26. The van der Waals surface area contributed by atoms with Crippen molar-refractivity contribution in [3.63, 3.8) is 0 Å². The number of aromatic nitrogens is 4. The van der Waals surface area contributed by atoms with Crippen LogP contribution in [0.2, 0.25) is 0 Å². The summed E-state index contributed by atoms with van der Waals surface area (Å²) in [4.78, 5) is 19.4. The van der Waals surface area contributed by atoms with Crippen LogP contribution in [0.1, 0.15) is 24.6 Å². The number of imidazole rings is 1. The molecule has 1 aliphatic rings. The van der Waals surface area contributed by atoms with Gasteiger partial charge in [-0.15, -0.1) is 10.2 Å². The number of benzene rings is 1. The maximum atomic E-state index is 11.6. The highest BCUT2D eigenvalue weighted by atomic mass is 32.2. The van der Waals surface area contributed by atoms with Crippen molar-refractivity contribution < 1.29 is 9.21 Å². The highest BCUT2D eigenvalue weighted by Gasteiger charge is 2.23. The predicted molar refractivity (Wildman–Crippen MR) is 89.7 cm³/mol. The third-order valence-corrected chi connectivity index (χ3v) is 4.55. The number of para-hydroxylation sites is 2. The second kappa shape index (κ2) is 6.64. The lowest BCUT2D eigenvalue weighted by molar-refractivity contribution is -0.118. The Labute approximate surface area is 142 Å². The monoisotopic (exact) mass is 343 g/mol. The fraction of sp³-hybridized carbons (Fsp3) is 0.375. The van der Waals surface area contributed by atoms with Crippen molar-refractivity contribution in [2.45, 2.75) is 36.9 Å². The van der Waals surface area contributed by atoms with Crippen LogP contribution in [0, 0.1) is 0 Å². The van der Waals surface area contributed by atoms with E-state index in [1.165, 1.54) is 11.8 Å². The second-order valence-electron chi connectivity index (χ2n) is 5.79. The Morgan fingerprint density at radius 1 is 1.29 bits per heavy atom. The molecule has 7 nitrogen and oxygen atoms in total. The van der Waals surface area contributed by atoms with Gasteiger partial charge in [-0.25, -0.2) is 4.98 Å². The fourth-order valence-corrected chi connectivity index (χ4v) is 2.96. The van der Waals surface area contributed by atoms with E-state index in [0.717, 1.165) is 29.7 Å². The van der Waals surface area contributed by atoms with Gasteiger partial charge in [0.25, 0.3) is 5.22 Å². The first-order valence-electron chi connectivity index (χ1n) is 7.94. The maximum absolute atomic E-state index is 11.6. The maximum Gasteiger partial charge on any atom is 0.277 e.